The van der Waals surface area contributed by atoms with Crippen LogP contribution >= 0.6 is 0 Å². The van der Waals surface area contributed by atoms with Crippen LogP contribution in [0.1, 0.15) is 16.7 Å². The summed E-state index contributed by atoms with van der Waals surface area (Å²) in [6, 6.07) is 9.99. The number of anilines is 1. The molecule has 1 heterocycles. The number of sulfonamides is 1. The molecule has 3 rings (SSSR count). The summed E-state index contributed by atoms with van der Waals surface area (Å²) in [7, 11) is -3.75. The second kappa shape index (κ2) is 5.94. The van der Waals surface area contributed by atoms with Crippen LogP contribution in [0.25, 0.3) is 0 Å². The number of hydrogen-bond donors (Lipinski definition) is 1. The zero-order valence-corrected chi connectivity index (χ0v) is 14.0. The Balaban J connectivity index is 2.18. The molecule has 0 bridgehead atoms. The van der Waals surface area contributed by atoms with Crippen molar-refractivity contribution in [1.29, 1.82) is 0 Å². The fourth-order valence-corrected chi connectivity index (χ4v) is 5.01. The topological polar surface area (TPSA) is 49.4 Å². The standard InChI is InChI=1S/C17H19FN2O2S/c1-12-9-15(18)10-13(2)17(12)23(21,22)20-8-7-19-11-14-5-3-4-6-16(14)20/h3-6,9-10,19H,7-8,11H2,1-2H3. The van der Waals surface area contributed by atoms with Gasteiger partial charge in [0.15, 0.2) is 0 Å². The Labute approximate surface area is 136 Å². The van der Waals surface area contributed by atoms with Gasteiger partial charge in [0.25, 0.3) is 10.0 Å². The monoisotopic (exact) mass is 334 g/mol. The Hall–Kier alpha value is -1.92. The Morgan fingerprint density at radius 3 is 2.48 bits per heavy atom. The van der Waals surface area contributed by atoms with Crippen LogP contribution in [0.3, 0.4) is 0 Å². The maximum absolute atomic E-state index is 13.5. The van der Waals surface area contributed by atoms with E-state index in [1.54, 1.807) is 13.8 Å². The highest BCUT2D eigenvalue weighted by atomic mass is 32.2. The van der Waals surface area contributed by atoms with E-state index in [4.69, 9.17) is 0 Å². The fourth-order valence-electron chi connectivity index (χ4n) is 3.09. The number of aryl methyl sites for hydroxylation is 2. The van der Waals surface area contributed by atoms with Crippen molar-refractivity contribution in [2.75, 3.05) is 17.4 Å². The molecule has 0 atom stereocenters. The van der Waals surface area contributed by atoms with E-state index in [0.29, 0.717) is 36.4 Å². The lowest BCUT2D eigenvalue weighted by molar-refractivity contribution is 0.586. The molecule has 1 aliphatic rings. The Morgan fingerprint density at radius 2 is 1.78 bits per heavy atom. The van der Waals surface area contributed by atoms with Crippen LogP contribution < -0.4 is 9.62 Å². The molecule has 0 unspecified atom stereocenters. The number of halogens is 1. The molecular formula is C17H19FN2O2S. The number of fused-ring (bicyclic) bond motifs is 1. The minimum absolute atomic E-state index is 0.190. The second-order valence-electron chi connectivity index (χ2n) is 5.75. The molecule has 0 fully saturated rings. The van der Waals surface area contributed by atoms with Crippen molar-refractivity contribution in [1.82, 2.24) is 5.32 Å². The average Bonchev–Trinajstić information content (AvgIpc) is 2.68. The first kappa shape index (κ1) is 16.0. The van der Waals surface area contributed by atoms with Gasteiger partial charge < -0.3 is 5.32 Å². The quantitative estimate of drug-likeness (QED) is 0.919. The molecule has 0 aliphatic carbocycles. The van der Waals surface area contributed by atoms with Crippen LogP contribution in [0.2, 0.25) is 0 Å². The highest BCUT2D eigenvalue weighted by molar-refractivity contribution is 7.93. The first-order valence-corrected chi connectivity index (χ1v) is 8.93. The number of nitrogens with zero attached hydrogens (tertiary/aromatic N) is 1. The molecule has 6 heteroatoms. The van der Waals surface area contributed by atoms with Gasteiger partial charge in [-0.1, -0.05) is 18.2 Å². The summed E-state index contributed by atoms with van der Waals surface area (Å²) in [6.07, 6.45) is 0. The van der Waals surface area contributed by atoms with Crippen molar-refractivity contribution in [2.24, 2.45) is 0 Å². The molecule has 122 valence electrons. The van der Waals surface area contributed by atoms with Gasteiger partial charge >= 0.3 is 0 Å². The lowest BCUT2D eigenvalue weighted by atomic mass is 10.1. The average molecular weight is 334 g/mol. The normalized spacial score (nSPS) is 15.2. The van der Waals surface area contributed by atoms with E-state index < -0.39 is 15.8 Å². The Kier molecular flexibility index (Phi) is 4.12. The van der Waals surface area contributed by atoms with Gasteiger partial charge in [0, 0.05) is 19.6 Å². The smallest absolute Gasteiger partial charge is 0.264 e. The molecule has 0 radical (unpaired) electrons. The van der Waals surface area contributed by atoms with E-state index in [0.717, 1.165) is 5.56 Å². The molecule has 1 aliphatic heterocycles. The first-order valence-electron chi connectivity index (χ1n) is 7.49. The number of hydrogen-bond acceptors (Lipinski definition) is 3. The Bertz CT molecular complexity index is 826. The predicted octanol–water partition coefficient (Wildman–Crippen LogP) is 2.74. The predicted molar refractivity (Wildman–Crippen MR) is 88.6 cm³/mol. The van der Waals surface area contributed by atoms with Gasteiger partial charge in [0.05, 0.1) is 10.6 Å². The van der Waals surface area contributed by atoms with Crippen molar-refractivity contribution >= 4 is 15.7 Å². The molecule has 0 saturated carbocycles. The number of nitrogens with one attached hydrogen (secondary N) is 1. The Morgan fingerprint density at radius 1 is 1.13 bits per heavy atom. The van der Waals surface area contributed by atoms with E-state index in [9.17, 15) is 12.8 Å². The third-order valence-electron chi connectivity index (χ3n) is 4.04. The lowest BCUT2D eigenvalue weighted by Gasteiger charge is -2.26. The van der Waals surface area contributed by atoms with E-state index >= 15 is 0 Å². The largest absolute Gasteiger partial charge is 0.311 e. The van der Waals surface area contributed by atoms with Gasteiger partial charge in [-0.15, -0.1) is 0 Å². The van der Waals surface area contributed by atoms with Crippen LogP contribution in [0.5, 0.6) is 0 Å². The zero-order valence-electron chi connectivity index (χ0n) is 13.1. The van der Waals surface area contributed by atoms with E-state index in [2.05, 4.69) is 5.32 Å². The summed E-state index contributed by atoms with van der Waals surface area (Å²) in [6.45, 7) is 4.79. The maximum Gasteiger partial charge on any atom is 0.264 e. The summed E-state index contributed by atoms with van der Waals surface area (Å²) in [5.41, 5.74) is 2.47. The first-order chi connectivity index (χ1) is 10.9. The number of para-hydroxylation sites is 1. The van der Waals surface area contributed by atoms with Crippen LogP contribution in [-0.4, -0.2) is 21.5 Å². The lowest BCUT2D eigenvalue weighted by Crippen LogP contribution is -2.35. The van der Waals surface area contributed by atoms with Crippen LogP contribution in [0, 0.1) is 19.7 Å². The van der Waals surface area contributed by atoms with E-state index in [1.807, 2.05) is 24.3 Å². The van der Waals surface area contributed by atoms with Crippen LogP contribution in [-0.2, 0) is 16.6 Å². The van der Waals surface area contributed by atoms with E-state index in [-0.39, 0.29) is 4.90 Å². The third kappa shape index (κ3) is 2.84. The van der Waals surface area contributed by atoms with Crippen molar-refractivity contribution in [3.8, 4) is 0 Å². The van der Waals surface area contributed by atoms with Crippen molar-refractivity contribution in [3.63, 3.8) is 0 Å². The van der Waals surface area contributed by atoms with Crippen molar-refractivity contribution in [2.45, 2.75) is 25.3 Å². The summed E-state index contributed by atoms with van der Waals surface area (Å²) in [5.74, 6) is -0.420. The summed E-state index contributed by atoms with van der Waals surface area (Å²) in [5, 5.41) is 3.23. The van der Waals surface area contributed by atoms with Gasteiger partial charge in [-0.3, -0.25) is 4.31 Å². The molecule has 4 nitrogen and oxygen atoms in total. The molecule has 0 spiro atoms. The number of benzene rings is 2. The van der Waals surface area contributed by atoms with Gasteiger partial charge in [0.2, 0.25) is 0 Å². The number of rotatable bonds is 2. The molecular weight excluding hydrogens is 315 g/mol. The fraction of sp³-hybridized carbons (Fsp3) is 0.294. The molecule has 0 aromatic heterocycles. The maximum atomic E-state index is 13.5. The van der Waals surface area contributed by atoms with Crippen molar-refractivity contribution in [3.05, 3.63) is 58.9 Å². The highest BCUT2D eigenvalue weighted by Gasteiger charge is 2.30. The molecule has 2 aromatic rings. The van der Waals surface area contributed by atoms with Gasteiger partial charge in [-0.25, -0.2) is 12.8 Å². The highest BCUT2D eigenvalue weighted by Crippen LogP contribution is 2.31. The minimum atomic E-state index is -3.75. The molecule has 0 saturated heterocycles. The van der Waals surface area contributed by atoms with Gasteiger partial charge in [0.1, 0.15) is 5.82 Å². The summed E-state index contributed by atoms with van der Waals surface area (Å²) >= 11 is 0. The molecule has 2 aromatic carbocycles. The zero-order chi connectivity index (χ0) is 16.6. The van der Waals surface area contributed by atoms with Crippen LogP contribution in [0.15, 0.2) is 41.3 Å². The van der Waals surface area contributed by atoms with Gasteiger partial charge in [-0.2, -0.15) is 0 Å². The third-order valence-corrected chi connectivity index (χ3v) is 6.16. The van der Waals surface area contributed by atoms with Crippen LogP contribution in [0.4, 0.5) is 10.1 Å². The second-order valence-corrected chi connectivity index (χ2v) is 7.55. The summed E-state index contributed by atoms with van der Waals surface area (Å²) < 4.78 is 41.4. The molecule has 1 N–H and O–H groups in total. The molecule has 23 heavy (non-hydrogen) atoms. The minimum Gasteiger partial charge on any atom is -0.311 e. The summed E-state index contributed by atoms with van der Waals surface area (Å²) in [4.78, 5) is 0.190. The van der Waals surface area contributed by atoms with E-state index in [1.165, 1.54) is 16.4 Å². The van der Waals surface area contributed by atoms with Gasteiger partial charge in [-0.05, 0) is 48.7 Å². The van der Waals surface area contributed by atoms with Crippen molar-refractivity contribution < 1.29 is 12.8 Å². The molecule has 0 amide bonds. The SMILES string of the molecule is Cc1cc(F)cc(C)c1S(=O)(=O)N1CCNCc2ccccc21.